The topological polar surface area (TPSA) is 12.4 Å². The van der Waals surface area contributed by atoms with Crippen LogP contribution in [0, 0.1) is 0 Å². The van der Waals surface area contributed by atoms with E-state index in [1.807, 2.05) is 19.2 Å². The van der Waals surface area contributed by atoms with Crippen molar-refractivity contribution in [3.63, 3.8) is 0 Å². The maximum Gasteiger partial charge on any atom is 0.0266 e. The van der Waals surface area contributed by atoms with Gasteiger partial charge < -0.3 is 0 Å². The van der Waals surface area contributed by atoms with E-state index in [0.29, 0.717) is 0 Å². The standard InChI is InChI=1S/C10H17N/c1-4-5-6-8-11-9-7-10(2)3/h7-9H,2,4-6H2,1,3H3/b9-7-,11-8?. The van der Waals surface area contributed by atoms with E-state index in [1.165, 1.54) is 12.8 Å². The Hall–Kier alpha value is -0.850. The highest BCUT2D eigenvalue weighted by Gasteiger charge is 1.76. The smallest absolute Gasteiger partial charge is 0.0266 e. The summed E-state index contributed by atoms with van der Waals surface area (Å²) in [5, 5.41) is 0. The molecule has 0 aromatic heterocycles. The van der Waals surface area contributed by atoms with Crippen molar-refractivity contribution in [2.24, 2.45) is 4.99 Å². The minimum absolute atomic E-state index is 1.04. The molecule has 0 saturated carbocycles. The summed E-state index contributed by atoms with van der Waals surface area (Å²) < 4.78 is 0. The summed E-state index contributed by atoms with van der Waals surface area (Å²) in [6, 6.07) is 0. The molecular weight excluding hydrogens is 134 g/mol. The van der Waals surface area contributed by atoms with Crippen molar-refractivity contribution in [3.8, 4) is 0 Å². The van der Waals surface area contributed by atoms with Gasteiger partial charge in [-0.1, -0.05) is 25.5 Å². The average Bonchev–Trinajstić information content (AvgIpc) is 1.96. The van der Waals surface area contributed by atoms with Crippen molar-refractivity contribution < 1.29 is 0 Å². The van der Waals surface area contributed by atoms with Crippen LogP contribution in [0.25, 0.3) is 0 Å². The maximum atomic E-state index is 4.08. The van der Waals surface area contributed by atoms with Crippen LogP contribution < -0.4 is 0 Å². The molecule has 62 valence electrons. The van der Waals surface area contributed by atoms with Crippen molar-refractivity contribution in [2.45, 2.75) is 33.1 Å². The van der Waals surface area contributed by atoms with Gasteiger partial charge in [0.15, 0.2) is 0 Å². The summed E-state index contributed by atoms with van der Waals surface area (Å²) in [5.74, 6) is 0. The fraction of sp³-hybridized carbons (Fsp3) is 0.500. The van der Waals surface area contributed by atoms with E-state index >= 15 is 0 Å². The van der Waals surface area contributed by atoms with E-state index in [9.17, 15) is 0 Å². The Morgan fingerprint density at radius 2 is 2.27 bits per heavy atom. The van der Waals surface area contributed by atoms with Gasteiger partial charge in [-0.3, -0.25) is 4.99 Å². The average molecular weight is 151 g/mol. The largest absolute Gasteiger partial charge is 0.269 e. The molecule has 0 aliphatic carbocycles. The molecule has 1 nitrogen and oxygen atoms in total. The van der Waals surface area contributed by atoms with Gasteiger partial charge in [0, 0.05) is 12.4 Å². The van der Waals surface area contributed by atoms with Gasteiger partial charge in [-0.25, -0.2) is 0 Å². The molecule has 0 N–H and O–H groups in total. The molecule has 0 fully saturated rings. The Bertz CT molecular complexity index is 154. The maximum absolute atomic E-state index is 4.08. The lowest BCUT2D eigenvalue weighted by Gasteiger charge is -1.85. The van der Waals surface area contributed by atoms with Gasteiger partial charge in [0.25, 0.3) is 0 Å². The molecule has 0 atom stereocenters. The van der Waals surface area contributed by atoms with Crippen LogP contribution in [0.4, 0.5) is 0 Å². The lowest BCUT2D eigenvalue weighted by atomic mass is 10.3. The third-order valence-corrected chi connectivity index (χ3v) is 1.24. The highest BCUT2D eigenvalue weighted by Crippen LogP contribution is 1.91. The van der Waals surface area contributed by atoms with E-state index < -0.39 is 0 Å². The van der Waals surface area contributed by atoms with Gasteiger partial charge in [-0.15, -0.1) is 0 Å². The molecule has 0 spiro atoms. The number of hydrogen-bond donors (Lipinski definition) is 0. The number of rotatable bonds is 5. The summed E-state index contributed by atoms with van der Waals surface area (Å²) in [6.07, 6.45) is 9.18. The number of nitrogens with zero attached hydrogens (tertiary/aromatic N) is 1. The third kappa shape index (κ3) is 9.15. The van der Waals surface area contributed by atoms with Crippen LogP contribution in [0.5, 0.6) is 0 Å². The highest BCUT2D eigenvalue weighted by atomic mass is 14.7. The molecule has 0 saturated heterocycles. The zero-order chi connectivity index (χ0) is 8.53. The minimum Gasteiger partial charge on any atom is -0.269 e. The van der Waals surface area contributed by atoms with E-state index in [0.717, 1.165) is 12.0 Å². The molecule has 0 heterocycles. The molecule has 0 aromatic carbocycles. The predicted molar refractivity (Wildman–Crippen MR) is 52.0 cm³/mol. The van der Waals surface area contributed by atoms with Crippen LogP contribution >= 0.6 is 0 Å². The van der Waals surface area contributed by atoms with E-state index in [4.69, 9.17) is 0 Å². The molecule has 0 bridgehead atoms. The second-order valence-corrected chi connectivity index (χ2v) is 2.64. The van der Waals surface area contributed by atoms with Crippen molar-refractivity contribution in [2.75, 3.05) is 0 Å². The molecule has 0 radical (unpaired) electrons. The minimum atomic E-state index is 1.04. The summed E-state index contributed by atoms with van der Waals surface area (Å²) in [4.78, 5) is 4.08. The second kappa shape index (κ2) is 7.26. The fourth-order valence-electron chi connectivity index (χ4n) is 0.601. The SMILES string of the molecule is C=C(C)/C=C\N=CCCCC. The van der Waals surface area contributed by atoms with Crippen molar-refractivity contribution in [1.82, 2.24) is 0 Å². The van der Waals surface area contributed by atoms with Gasteiger partial charge in [0.05, 0.1) is 0 Å². The van der Waals surface area contributed by atoms with E-state index in [2.05, 4.69) is 18.5 Å². The summed E-state index contributed by atoms with van der Waals surface area (Å²) in [5.41, 5.74) is 1.04. The van der Waals surface area contributed by atoms with Gasteiger partial charge in [-0.05, 0) is 25.8 Å². The Morgan fingerprint density at radius 3 is 2.82 bits per heavy atom. The zero-order valence-corrected chi connectivity index (χ0v) is 7.51. The third-order valence-electron chi connectivity index (χ3n) is 1.24. The summed E-state index contributed by atoms with van der Waals surface area (Å²) >= 11 is 0. The van der Waals surface area contributed by atoms with E-state index in [1.54, 1.807) is 6.20 Å². The molecule has 11 heavy (non-hydrogen) atoms. The molecule has 0 rings (SSSR count). The Kier molecular flexibility index (Phi) is 6.70. The first-order valence-corrected chi connectivity index (χ1v) is 4.11. The Labute approximate surface area is 69.5 Å². The van der Waals surface area contributed by atoms with Gasteiger partial charge in [0.1, 0.15) is 0 Å². The molecule has 0 aliphatic heterocycles. The number of hydrogen-bond acceptors (Lipinski definition) is 1. The van der Waals surface area contributed by atoms with Crippen LogP contribution in [-0.2, 0) is 0 Å². The monoisotopic (exact) mass is 151 g/mol. The quantitative estimate of drug-likeness (QED) is 0.324. The highest BCUT2D eigenvalue weighted by molar-refractivity contribution is 5.57. The van der Waals surface area contributed by atoms with Crippen LogP contribution in [0.3, 0.4) is 0 Å². The lowest BCUT2D eigenvalue weighted by molar-refractivity contribution is 0.842. The zero-order valence-electron chi connectivity index (χ0n) is 7.51. The van der Waals surface area contributed by atoms with Crippen LogP contribution in [-0.4, -0.2) is 6.21 Å². The first kappa shape index (κ1) is 10.2. The first-order chi connectivity index (χ1) is 5.27. The Morgan fingerprint density at radius 1 is 1.55 bits per heavy atom. The van der Waals surface area contributed by atoms with Crippen molar-refractivity contribution in [1.29, 1.82) is 0 Å². The summed E-state index contributed by atoms with van der Waals surface area (Å²) in [6.45, 7) is 7.86. The molecular formula is C10H17N. The van der Waals surface area contributed by atoms with Crippen LogP contribution in [0.15, 0.2) is 29.4 Å². The van der Waals surface area contributed by atoms with Gasteiger partial charge in [-0.2, -0.15) is 0 Å². The molecule has 0 unspecified atom stereocenters. The van der Waals surface area contributed by atoms with E-state index in [-0.39, 0.29) is 0 Å². The number of allylic oxidation sites excluding steroid dienone is 2. The second-order valence-electron chi connectivity index (χ2n) is 2.64. The number of aliphatic imine (C=N–C) groups is 1. The van der Waals surface area contributed by atoms with Crippen LogP contribution in [0.2, 0.25) is 0 Å². The molecule has 1 heteroatoms. The van der Waals surface area contributed by atoms with Crippen molar-refractivity contribution in [3.05, 3.63) is 24.4 Å². The van der Waals surface area contributed by atoms with Crippen LogP contribution in [0.1, 0.15) is 33.1 Å². The normalized spacial score (nSPS) is 11.5. The molecule has 0 aliphatic rings. The predicted octanol–water partition coefficient (Wildman–Crippen LogP) is 3.34. The van der Waals surface area contributed by atoms with Gasteiger partial charge in [0.2, 0.25) is 0 Å². The Balaban J connectivity index is 3.36. The first-order valence-electron chi connectivity index (χ1n) is 4.11. The molecule has 0 amide bonds. The van der Waals surface area contributed by atoms with Crippen molar-refractivity contribution >= 4 is 6.21 Å². The summed E-state index contributed by atoms with van der Waals surface area (Å²) in [7, 11) is 0. The van der Waals surface area contributed by atoms with Gasteiger partial charge >= 0.3 is 0 Å². The fourth-order valence-corrected chi connectivity index (χ4v) is 0.601. The number of unbranched alkanes of at least 4 members (excludes halogenated alkanes) is 2. The molecule has 0 aromatic rings. The lowest BCUT2D eigenvalue weighted by Crippen LogP contribution is -1.73.